The quantitative estimate of drug-likeness (QED) is 0.611. The third-order valence-electron chi connectivity index (χ3n) is 5.00. The molecule has 0 bridgehead atoms. The summed E-state index contributed by atoms with van der Waals surface area (Å²) in [4.78, 5) is 15.4. The summed E-state index contributed by atoms with van der Waals surface area (Å²) in [6, 6.07) is 8.05. The van der Waals surface area contributed by atoms with Gasteiger partial charge in [0.25, 0.3) is 0 Å². The second-order valence-corrected chi connectivity index (χ2v) is 6.72. The van der Waals surface area contributed by atoms with Gasteiger partial charge in [-0.05, 0) is 50.2 Å². The van der Waals surface area contributed by atoms with Crippen molar-refractivity contribution in [2.75, 3.05) is 31.5 Å². The Labute approximate surface area is 150 Å². The zero-order valence-electron chi connectivity index (χ0n) is 14.5. The molecule has 0 spiro atoms. The average molecular weight is 354 g/mol. The Kier molecular flexibility index (Phi) is 4.53. The molecule has 3 aromatic rings. The summed E-state index contributed by atoms with van der Waals surface area (Å²) in [5.41, 5.74) is 1.83. The second kappa shape index (κ2) is 6.97. The van der Waals surface area contributed by atoms with Gasteiger partial charge in [-0.2, -0.15) is 0 Å². The molecule has 1 aromatic heterocycles. The molecule has 0 radical (unpaired) electrons. The molecule has 6 nitrogen and oxygen atoms in total. The van der Waals surface area contributed by atoms with E-state index in [1.54, 1.807) is 12.1 Å². The van der Waals surface area contributed by atoms with Gasteiger partial charge in [0, 0.05) is 24.3 Å². The lowest BCUT2D eigenvalue weighted by Crippen LogP contribution is -2.26. The number of hydrogen-bond donors (Lipinski definition) is 3. The molecule has 0 saturated carbocycles. The number of likely N-dealkylation sites (tertiary alicyclic amines) is 1. The number of fused-ring (bicyclic) bond motifs is 2. The van der Waals surface area contributed by atoms with Gasteiger partial charge in [0.2, 0.25) is 5.43 Å². The Morgan fingerprint density at radius 1 is 1.15 bits per heavy atom. The minimum absolute atomic E-state index is 0.0194. The van der Waals surface area contributed by atoms with Crippen LogP contribution in [0.15, 0.2) is 39.5 Å². The van der Waals surface area contributed by atoms with Crippen LogP contribution < -0.4 is 10.7 Å². The van der Waals surface area contributed by atoms with Crippen LogP contribution in [0.25, 0.3) is 21.9 Å². The van der Waals surface area contributed by atoms with Crippen molar-refractivity contribution in [3.8, 4) is 5.75 Å². The fraction of sp³-hybridized carbons (Fsp3) is 0.350. The van der Waals surface area contributed by atoms with Crippen molar-refractivity contribution >= 4 is 27.6 Å². The van der Waals surface area contributed by atoms with E-state index in [1.807, 2.05) is 6.07 Å². The van der Waals surface area contributed by atoms with E-state index in [1.165, 1.54) is 25.0 Å². The Bertz CT molecular complexity index is 1010. The summed E-state index contributed by atoms with van der Waals surface area (Å²) in [6.07, 6.45) is 2.49. The van der Waals surface area contributed by atoms with Gasteiger partial charge in [-0.1, -0.05) is 6.07 Å². The molecule has 2 heterocycles. The van der Waals surface area contributed by atoms with Crippen LogP contribution >= 0.6 is 0 Å². The third kappa shape index (κ3) is 3.02. The summed E-state index contributed by atoms with van der Waals surface area (Å²) in [6.45, 7) is 3.68. The summed E-state index contributed by atoms with van der Waals surface area (Å²) < 4.78 is 5.90. The van der Waals surface area contributed by atoms with Crippen molar-refractivity contribution in [1.29, 1.82) is 0 Å². The van der Waals surface area contributed by atoms with Crippen LogP contribution in [0.4, 0.5) is 5.69 Å². The van der Waals surface area contributed by atoms with E-state index in [-0.39, 0.29) is 17.8 Å². The van der Waals surface area contributed by atoms with Crippen molar-refractivity contribution in [2.24, 2.45) is 0 Å². The maximum Gasteiger partial charge on any atom is 0.202 e. The molecule has 1 fully saturated rings. The molecule has 0 unspecified atom stereocenters. The fourth-order valence-corrected chi connectivity index (χ4v) is 3.62. The monoisotopic (exact) mass is 354 g/mol. The lowest BCUT2D eigenvalue weighted by Gasteiger charge is -2.16. The van der Waals surface area contributed by atoms with E-state index in [2.05, 4.69) is 10.2 Å². The van der Waals surface area contributed by atoms with Crippen molar-refractivity contribution in [2.45, 2.75) is 19.4 Å². The first kappa shape index (κ1) is 16.9. The number of anilines is 1. The molecule has 1 saturated heterocycles. The highest BCUT2D eigenvalue weighted by atomic mass is 16.3. The van der Waals surface area contributed by atoms with E-state index in [9.17, 15) is 15.0 Å². The van der Waals surface area contributed by atoms with E-state index in [4.69, 9.17) is 4.42 Å². The van der Waals surface area contributed by atoms with Crippen LogP contribution in [0.1, 0.15) is 18.4 Å². The third-order valence-corrected chi connectivity index (χ3v) is 5.00. The maximum absolute atomic E-state index is 13.0. The predicted molar refractivity (Wildman–Crippen MR) is 102 cm³/mol. The standard InChI is InChI=1S/C20H22N2O4/c23-12-13-3-5-16(21-7-10-22-8-1-2-9-22)18-19(25)15-11-14(24)4-6-17(15)26-20(13)18/h3-6,11,21,23-24H,1-2,7-10,12H2. The minimum atomic E-state index is -0.212. The van der Waals surface area contributed by atoms with Crippen LogP contribution in [0.2, 0.25) is 0 Å². The number of phenolic OH excluding ortho intramolecular Hbond substituents is 1. The van der Waals surface area contributed by atoms with E-state index in [0.29, 0.717) is 33.2 Å². The highest BCUT2D eigenvalue weighted by Crippen LogP contribution is 2.29. The normalized spacial score (nSPS) is 15.1. The van der Waals surface area contributed by atoms with Gasteiger partial charge in [0.15, 0.2) is 0 Å². The van der Waals surface area contributed by atoms with E-state index < -0.39 is 0 Å². The highest BCUT2D eigenvalue weighted by molar-refractivity contribution is 5.98. The van der Waals surface area contributed by atoms with Gasteiger partial charge in [-0.25, -0.2) is 0 Å². The molecule has 4 rings (SSSR count). The highest BCUT2D eigenvalue weighted by Gasteiger charge is 2.16. The molecule has 136 valence electrons. The van der Waals surface area contributed by atoms with E-state index >= 15 is 0 Å². The van der Waals surface area contributed by atoms with Gasteiger partial charge in [0.1, 0.15) is 16.9 Å². The minimum Gasteiger partial charge on any atom is -0.508 e. The number of rotatable bonds is 5. The number of aliphatic hydroxyl groups is 1. The number of nitrogens with one attached hydrogen (secondary N) is 1. The summed E-state index contributed by atoms with van der Waals surface area (Å²) in [7, 11) is 0. The van der Waals surface area contributed by atoms with Crippen molar-refractivity contribution in [3.63, 3.8) is 0 Å². The molecule has 26 heavy (non-hydrogen) atoms. The largest absolute Gasteiger partial charge is 0.508 e. The number of nitrogens with zero attached hydrogens (tertiary/aromatic N) is 1. The van der Waals surface area contributed by atoms with Gasteiger partial charge >= 0.3 is 0 Å². The molecular weight excluding hydrogens is 332 g/mol. The molecule has 1 aliphatic heterocycles. The summed E-state index contributed by atoms with van der Waals surface area (Å²) >= 11 is 0. The first-order valence-electron chi connectivity index (χ1n) is 8.96. The summed E-state index contributed by atoms with van der Waals surface area (Å²) in [5, 5.41) is 23.4. The fourth-order valence-electron chi connectivity index (χ4n) is 3.62. The number of aromatic hydroxyl groups is 1. The second-order valence-electron chi connectivity index (χ2n) is 6.72. The Balaban J connectivity index is 1.78. The number of phenols is 1. The molecule has 2 aromatic carbocycles. The number of aliphatic hydroxyl groups excluding tert-OH is 1. The van der Waals surface area contributed by atoms with Crippen LogP contribution in [-0.2, 0) is 6.61 Å². The van der Waals surface area contributed by atoms with Gasteiger partial charge < -0.3 is 24.8 Å². The SMILES string of the molecule is O=c1c2cc(O)ccc2oc2c(CO)ccc(NCCN3CCCC3)c12. The summed E-state index contributed by atoms with van der Waals surface area (Å²) in [5.74, 6) is 0.0194. The lowest BCUT2D eigenvalue weighted by atomic mass is 10.1. The maximum atomic E-state index is 13.0. The van der Waals surface area contributed by atoms with Crippen LogP contribution in [-0.4, -0.2) is 41.3 Å². The zero-order valence-corrected chi connectivity index (χ0v) is 14.5. The molecule has 0 atom stereocenters. The first-order valence-corrected chi connectivity index (χ1v) is 8.96. The van der Waals surface area contributed by atoms with Crippen LogP contribution in [0.3, 0.4) is 0 Å². The zero-order chi connectivity index (χ0) is 18.1. The topological polar surface area (TPSA) is 85.9 Å². The number of hydrogen-bond acceptors (Lipinski definition) is 6. The van der Waals surface area contributed by atoms with Crippen LogP contribution in [0.5, 0.6) is 5.75 Å². The first-order chi connectivity index (χ1) is 12.7. The predicted octanol–water partition coefficient (Wildman–Crippen LogP) is 2.65. The van der Waals surface area contributed by atoms with Crippen molar-refractivity contribution < 1.29 is 14.6 Å². The molecule has 6 heteroatoms. The van der Waals surface area contributed by atoms with Crippen LogP contribution in [0, 0.1) is 0 Å². The van der Waals surface area contributed by atoms with Gasteiger partial charge in [-0.3, -0.25) is 4.79 Å². The smallest absolute Gasteiger partial charge is 0.202 e. The van der Waals surface area contributed by atoms with E-state index in [0.717, 1.165) is 26.2 Å². The lowest BCUT2D eigenvalue weighted by molar-refractivity contribution is 0.282. The van der Waals surface area contributed by atoms with Crippen molar-refractivity contribution in [1.82, 2.24) is 4.90 Å². The van der Waals surface area contributed by atoms with Crippen molar-refractivity contribution in [3.05, 3.63) is 46.1 Å². The Hall–Kier alpha value is -2.57. The number of benzene rings is 2. The molecular formula is C20H22N2O4. The molecule has 1 aliphatic rings. The Morgan fingerprint density at radius 2 is 1.96 bits per heavy atom. The molecule has 3 N–H and O–H groups in total. The molecule has 0 amide bonds. The molecule has 0 aliphatic carbocycles. The van der Waals surface area contributed by atoms with Gasteiger partial charge in [-0.15, -0.1) is 0 Å². The average Bonchev–Trinajstić information content (AvgIpc) is 3.16. The van der Waals surface area contributed by atoms with Gasteiger partial charge in [0.05, 0.1) is 17.4 Å². The Morgan fingerprint density at radius 3 is 2.73 bits per heavy atom.